The van der Waals surface area contributed by atoms with Gasteiger partial charge in [-0.3, -0.25) is 14.5 Å². The van der Waals surface area contributed by atoms with E-state index in [1.807, 2.05) is 0 Å². The van der Waals surface area contributed by atoms with Crippen LogP contribution in [0.15, 0.2) is 64.4 Å². The summed E-state index contributed by atoms with van der Waals surface area (Å²) < 4.78 is 25.6. The van der Waals surface area contributed by atoms with Crippen molar-refractivity contribution in [2.75, 3.05) is 28.4 Å². The molecule has 0 saturated carbocycles. The summed E-state index contributed by atoms with van der Waals surface area (Å²) in [5.41, 5.74) is -1.13. The van der Waals surface area contributed by atoms with Crippen molar-refractivity contribution in [3.8, 4) is 0 Å². The van der Waals surface area contributed by atoms with Gasteiger partial charge < -0.3 is 23.7 Å². The van der Waals surface area contributed by atoms with Crippen LogP contribution in [-0.4, -0.2) is 69.0 Å². The molecule has 36 heavy (non-hydrogen) atoms. The molecule has 1 aromatic rings. The highest BCUT2D eigenvalue weighted by molar-refractivity contribution is 6.21. The fourth-order valence-corrected chi connectivity index (χ4v) is 4.13. The number of nitrogens with zero attached hydrogens (tertiary/aromatic N) is 1. The van der Waals surface area contributed by atoms with Crippen LogP contribution in [0.4, 0.5) is 0 Å². The monoisotopic (exact) mass is 499 g/mol. The van der Waals surface area contributed by atoms with Gasteiger partial charge in [-0.05, 0) is 13.8 Å². The fraction of sp³-hybridized carbons (Fsp3) is 0.320. The molecule has 2 aliphatic rings. The van der Waals surface area contributed by atoms with Crippen molar-refractivity contribution in [2.24, 2.45) is 5.92 Å². The van der Waals surface area contributed by atoms with Gasteiger partial charge in [0, 0.05) is 5.56 Å². The standard InChI is InChI=1S/C25H25NO10/c1-12-13(2)36-21-18(20(27)14-10-8-7-9-11-14)16(23(29)33-4)15(22(28)32-3)17(24(30)34-5)19(26(12)21)25(31)35-6/h7-11,17,19H,1-6H3/t17-,19-/m0/s1. The van der Waals surface area contributed by atoms with Crippen LogP contribution in [0.3, 0.4) is 0 Å². The number of fused-ring (bicyclic) bond motifs is 1. The molecule has 2 aliphatic heterocycles. The first-order valence-electron chi connectivity index (χ1n) is 10.7. The van der Waals surface area contributed by atoms with E-state index in [0.717, 1.165) is 28.4 Å². The lowest BCUT2D eigenvalue weighted by molar-refractivity contribution is -0.157. The van der Waals surface area contributed by atoms with E-state index in [4.69, 9.17) is 23.7 Å². The number of ketones is 1. The molecule has 11 heteroatoms. The molecule has 0 aliphatic carbocycles. The lowest BCUT2D eigenvalue weighted by Crippen LogP contribution is -2.48. The average Bonchev–Trinajstić information content (AvgIpc) is 3.11. The van der Waals surface area contributed by atoms with Gasteiger partial charge in [0.15, 0.2) is 11.8 Å². The molecular weight excluding hydrogens is 474 g/mol. The topological polar surface area (TPSA) is 135 Å². The minimum absolute atomic E-state index is 0.141. The molecule has 3 rings (SSSR count). The molecule has 0 N–H and O–H groups in total. The number of methoxy groups -OCH3 is 4. The fourth-order valence-electron chi connectivity index (χ4n) is 4.13. The second kappa shape index (κ2) is 10.5. The molecule has 0 amide bonds. The van der Waals surface area contributed by atoms with Crippen LogP contribution in [0.2, 0.25) is 0 Å². The van der Waals surface area contributed by atoms with E-state index < -0.39 is 58.3 Å². The normalized spacial score (nSPS) is 19.2. The van der Waals surface area contributed by atoms with E-state index >= 15 is 0 Å². The van der Waals surface area contributed by atoms with E-state index in [1.165, 1.54) is 17.0 Å². The van der Waals surface area contributed by atoms with Crippen molar-refractivity contribution in [3.05, 3.63) is 70.0 Å². The second-order valence-electron chi connectivity index (χ2n) is 7.73. The molecule has 1 aromatic carbocycles. The van der Waals surface area contributed by atoms with Crippen molar-refractivity contribution in [1.29, 1.82) is 0 Å². The molecule has 190 valence electrons. The SMILES string of the molecule is COC(=O)C1=C(C(=O)OC)[C@H](C(=O)OC)[C@@H](C(=O)OC)N2C(C)=C(C)OC2=C1C(=O)c1ccccc1. The molecule has 0 aromatic heterocycles. The maximum Gasteiger partial charge on any atom is 0.339 e. The number of allylic oxidation sites excluding steroid dienone is 2. The van der Waals surface area contributed by atoms with Crippen molar-refractivity contribution < 1.29 is 47.7 Å². The number of ether oxygens (including phenoxy) is 5. The molecule has 0 bridgehead atoms. The quantitative estimate of drug-likeness (QED) is 0.321. The molecule has 2 heterocycles. The molecule has 11 nitrogen and oxygen atoms in total. The van der Waals surface area contributed by atoms with Gasteiger partial charge in [0.1, 0.15) is 11.7 Å². The van der Waals surface area contributed by atoms with Gasteiger partial charge in [-0.15, -0.1) is 0 Å². The van der Waals surface area contributed by atoms with E-state index in [1.54, 1.807) is 32.0 Å². The number of benzene rings is 1. The summed E-state index contributed by atoms with van der Waals surface area (Å²) in [5, 5.41) is 0. The lowest BCUT2D eigenvalue weighted by atomic mass is 9.84. The van der Waals surface area contributed by atoms with Gasteiger partial charge in [-0.1, -0.05) is 30.3 Å². The highest BCUT2D eigenvalue weighted by Gasteiger charge is 2.54. The highest BCUT2D eigenvalue weighted by Crippen LogP contribution is 2.44. The zero-order valence-electron chi connectivity index (χ0n) is 20.6. The summed E-state index contributed by atoms with van der Waals surface area (Å²) in [4.78, 5) is 67.8. The van der Waals surface area contributed by atoms with Crippen LogP contribution in [0, 0.1) is 5.92 Å². The predicted octanol–water partition coefficient (Wildman–Crippen LogP) is 1.65. The molecule has 2 atom stereocenters. The van der Waals surface area contributed by atoms with Crippen LogP contribution >= 0.6 is 0 Å². The maximum absolute atomic E-state index is 13.9. The van der Waals surface area contributed by atoms with Crippen molar-refractivity contribution in [1.82, 2.24) is 4.90 Å². The second-order valence-corrected chi connectivity index (χ2v) is 7.73. The summed E-state index contributed by atoms with van der Waals surface area (Å²) in [6, 6.07) is 6.30. The van der Waals surface area contributed by atoms with Gasteiger partial charge >= 0.3 is 23.9 Å². The lowest BCUT2D eigenvalue weighted by Gasteiger charge is -2.31. The minimum Gasteiger partial charge on any atom is -0.468 e. The van der Waals surface area contributed by atoms with Gasteiger partial charge in [0.2, 0.25) is 5.88 Å². The Hall–Kier alpha value is -4.41. The number of carbonyl (C=O) groups excluding carboxylic acids is 5. The van der Waals surface area contributed by atoms with Crippen LogP contribution in [0.25, 0.3) is 0 Å². The Bertz CT molecular complexity index is 1220. The largest absolute Gasteiger partial charge is 0.468 e. The number of carbonyl (C=O) groups is 5. The Labute approximate surface area is 206 Å². The number of hydrogen-bond acceptors (Lipinski definition) is 11. The molecule has 0 radical (unpaired) electrons. The van der Waals surface area contributed by atoms with Crippen molar-refractivity contribution in [2.45, 2.75) is 19.9 Å². The van der Waals surface area contributed by atoms with Crippen LogP contribution in [-0.2, 0) is 42.9 Å². The van der Waals surface area contributed by atoms with E-state index in [9.17, 15) is 24.0 Å². The number of rotatable bonds is 6. The highest BCUT2D eigenvalue weighted by atomic mass is 16.5. The zero-order chi connectivity index (χ0) is 26.7. The summed E-state index contributed by atoms with van der Waals surface area (Å²) >= 11 is 0. The predicted molar refractivity (Wildman–Crippen MR) is 121 cm³/mol. The van der Waals surface area contributed by atoms with Gasteiger partial charge in [0.05, 0.1) is 50.9 Å². The molecule has 0 fully saturated rings. The first kappa shape index (κ1) is 26.2. The number of esters is 4. The van der Waals surface area contributed by atoms with Crippen LogP contribution in [0.5, 0.6) is 0 Å². The zero-order valence-corrected chi connectivity index (χ0v) is 20.6. The van der Waals surface area contributed by atoms with Crippen LogP contribution in [0.1, 0.15) is 24.2 Å². The van der Waals surface area contributed by atoms with Gasteiger partial charge in [0.25, 0.3) is 0 Å². The number of hydrogen-bond donors (Lipinski definition) is 0. The van der Waals surface area contributed by atoms with Crippen molar-refractivity contribution in [3.63, 3.8) is 0 Å². The summed E-state index contributed by atoms with van der Waals surface area (Å²) in [7, 11) is 4.20. The summed E-state index contributed by atoms with van der Waals surface area (Å²) in [6.45, 7) is 3.16. The third kappa shape index (κ3) is 4.23. The average molecular weight is 499 g/mol. The Morgan fingerprint density at radius 2 is 1.36 bits per heavy atom. The summed E-state index contributed by atoms with van der Waals surface area (Å²) in [6.07, 6.45) is 0. The van der Waals surface area contributed by atoms with Gasteiger partial charge in [-0.25, -0.2) is 14.4 Å². The van der Waals surface area contributed by atoms with Crippen molar-refractivity contribution >= 4 is 29.7 Å². The third-order valence-corrected chi connectivity index (χ3v) is 5.93. The Morgan fingerprint density at radius 1 is 0.778 bits per heavy atom. The first-order valence-corrected chi connectivity index (χ1v) is 10.7. The first-order chi connectivity index (χ1) is 17.1. The molecule has 0 unspecified atom stereocenters. The van der Waals surface area contributed by atoms with E-state index in [0.29, 0.717) is 5.70 Å². The smallest absolute Gasteiger partial charge is 0.339 e. The number of Topliss-reactive ketones (excluding diaryl/α,β-unsaturated/α-hetero) is 1. The summed E-state index contributed by atoms with van der Waals surface area (Å²) in [5.74, 6) is -6.75. The molecule has 0 saturated heterocycles. The maximum atomic E-state index is 13.9. The van der Waals surface area contributed by atoms with E-state index in [-0.39, 0.29) is 17.2 Å². The Balaban J connectivity index is 2.57. The Kier molecular flexibility index (Phi) is 7.62. The molecule has 0 spiro atoms. The minimum atomic E-state index is -1.76. The third-order valence-electron chi connectivity index (χ3n) is 5.93. The van der Waals surface area contributed by atoms with Crippen LogP contribution < -0.4 is 0 Å². The van der Waals surface area contributed by atoms with Gasteiger partial charge in [-0.2, -0.15) is 0 Å². The Morgan fingerprint density at radius 3 is 1.89 bits per heavy atom. The van der Waals surface area contributed by atoms with E-state index in [2.05, 4.69) is 0 Å². The molecular formula is C25H25NO10.